The molecule has 0 aromatic heterocycles. The second kappa shape index (κ2) is 6.72. The summed E-state index contributed by atoms with van der Waals surface area (Å²) in [6.07, 6.45) is -1.22. The number of carbonyl (C=O) groups is 2. The number of hydrogen-bond acceptors (Lipinski definition) is 2. The Labute approximate surface area is 77.1 Å². The first kappa shape index (κ1) is 13.6. The average molecular weight is 197 g/mol. The van der Waals surface area contributed by atoms with Gasteiger partial charge in [-0.05, 0) is 13.8 Å². The molecule has 12 heavy (non-hydrogen) atoms. The van der Waals surface area contributed by atoms with Crippen LogP contribution in [0.1, 0.15) is 13.8 Å². The maximum atomic E-state index is 10.8. The monoisotopic (exact) mass is 196 g/mol. The van der Waals surface area contributed by atoms with Gasteiger partial charge in [0.15, 0.2) is 0 Å². The van der Waals surface area contributed by atoms with E-state index >= 15 is 0 Å². The number of amides is 3. The molecular weight excluding hydrogens is 184 g/mol. The second-order valence-electron chi connectivity index (χ2n) is 1.86. The van der Waals surface area contributed by atoms with Gasteiger partial charge in [0.2, 0.25) is 0 Å². The molecule has 3 amide bonds. The molecule has 0 aliphatic carbocycles. The van der Waals surface area contributed by atoms with Crippen LogP contribution in [0, 0.1) is 0 Å². The molecule has 0 bridgehead atoms. The zero-order valence-electron chi connectivity index (χ0n) is 7.03. The number of urea groups is 1. The van der Waals surface area contributed by atoms with Gasteiger partial charge >= 0.3 is 12.1 Å². The van der Waals surface area contributed by atoms with E-state index in [9.17, 15) is 9.59 Å². The van der Waals surface area contributed by atoms with E-state index in [2.05, 4.69) is 5.32 Å². The minimum atomic E-state index is -1.22. The van der Waals surface area contributed by atoms with E-state index in [0.29, 0.717) is 11.4 Å². The first-order valence-corrected chi connectivity index (χ1v) is 3.41. The van der Waals surface area contributed by atoms with Crippen LogP contribution < -0.4 is 5.32 Å². The molecular formula is C6H13ClN2O3. The lowest BCUT2D eigenvalue weighted by Crippen LogP contribution is -2.42. The summed E-state index contributed by atoms with van der Waals surface area (Å²) in [5.41, 5.74) is 0. The van der Waals surface area contributed by atoms with Crippen molar-refractivity contribution in [2.45, 2.75) is 13.8 Å². The first-order chi connectivity index (χ1) is 5.13. The summed E-state index contributed by atoms with van der Waals surface area (Å²) in [7, 11) is 0. The van der Waals surface area contributed by atoms with Crippen molar-refractivity contribution < 1.29 is 14.7 Å². The van der Waals surface area contributed by atoms with E-state index in [4.69, 9.17) is 5.11 Å². The van der Waals surface area contributed by atoms with Crippen LogP contribution in [0.2, 0.25) is 0 Å². The summed E-state index contributed by atoms with van der Waals surface area (Å²) in [6, 6.07) is -0.567. The Hall–Kier alpha value is -0.970. The zero-order valence-corrected chi connectivity index (χ0v) is 7.85. The number of carbonyl (C=O) groups excluding carboxylic acids is 1. The standard InChI is InChI=1S/C6H12N2O3.ClH/c1-3-7-5(9)8(4-2)6(10)11;/h3-4H2,1-2H3,(H,7,9)(H,10,11);1H. The van der Waals surface area contributed by atoms with Gasteiger partial charge in [-0.3, -0.25) is 0 Å². The normalized spacial score (nSPS) is 8.17. The number of carboxylic acid groups (broad SMARTS) is 1. The van der Waals surface area contributed by atoms with E-state index in [-0.39, 0.29) is 19.0 Å². The van der Waals surface area contributed by atoms with Gasteiger partial charge < -0.3 is 10.4 Å². The Morgan fingerprint density at radius 1 is 1.42 bits per heavy atom. The minimum Gasteiger partial charge on any atom is -0.465 e. The molecule has 0 atom stereocenters. The maximum Gasteiger partial charge on any atom is 0.415 e. The highest BCUT2D eigenvalue weighted by Crippen LogP contribution is 1.88. The molecule has 0 aromatic carbocycles. The summed E-state index contributed by atoms with van der Waals surface area (Å²) in [4.78, 5) is 21.9. The van der Waals surface area contributed by atoms with Crippen molar-refractivity contribution in [2.75, 3.05) is 13.1 Å². The SMILES string of the molecule is CCNC(=O)N(CC)C(=O)O.Cl. The molecule has 0 aliphatic heterocycles. The van der Waals surface area contributed by atoms with Crippen molar-refractivity contribution in [1.29, 1.82) is 0 Å². The lowest BCUT2D eigenvalue weighted by molar-refractivity contribution is 0.150. The van der Waals surface area contributed by atoms with E-state index in [1.54, 1.807) is 13.8 Å². The minimum absolute atomic E-state index is 0. The predicted octanol–water partition coefficient (Wildman–Crippen LogP) is 1.14. The van der Waals surface area contributed by atoms with Crippen LogP contribution in [0.15, 0.2) is 0 Å². The average Bonchev–Trinajstić information content (AvgIpc) is 1.88. The highest BCUT2D eigenvalue weighted by molar-refractivity contribution is 5.89. The number of nitrogens with zero attached hydrogens (tertiary/aromatic N) is 1. The van der Waals surface area contributed by atoms with Crippen molar-refractivity contribution in [3.8, 4) is 0 Å². The van der Waals surface area contributed by atoms with E-state index in [1.165, 1.54) is 0 Å². The van der Waals surface area contributed by atoms with Crippen LogP contribution in [0.3, 0.4) is 0 Å². The fourth-order valence-corrected chi connectivity index (χ4v) is 0.612. The molecule has 0 saturated heterocycles. The lowest BCUT2D eigenvalue weighted by atomic mass is 10.6. The molecule has 0 unspecified atom stereocenters. The predicted molar refractivity (Wildman–Crippen MR) is 46.7 cm³/mol. The van der Waals surface area contributed by atoms with Gasteiger partial charge in [-0.15, -0.1) is 12.4 Å². The van der Waals surface area contributed by atoms with Gasteiger partial charge in [0.05, 0.1) is 0 Å². The van der Waals surface area contributed by atoms with E-state index in [1.807, 2.05) is 0 Å². The molecule has 2 N–H and O–H groups in total. The number of hydrogen-bond donors (Lipinski definition) is 2. The quantitative estimate of drug-likeness (QED) is 0.696. The highest BCUT2D eigenvalue weighted by Gasteiger charge is 2.16. The molecule has 0 saturated carbocycles. The van der Waals surface area contributed by atoms with Gasteiger partial charge in [-0.1, -0.05) is 0 Å². The maximum absolute atomic E-state index is 10.8. The summed E-state index contributed by atoms with van der Waals surface area (Å²) < 4.78 is 0. The molecule has 0 aliphatic rings. The van der Waals surface area contributed by atoms with Gasteiger partial charge in [0, 0.05) is 13.1 Å². The summed E-state index contributed by atoms with van der Waals surface area (Å²) >= 11 is 0. The lowest BCUT2D eigenvalue weighted by Gasteiger charge is -2.14. The fraction of sp³-hybridized carbons (Fsp3) is 0.667. The van der Waals surface area contributed by atoms with Crippen LogP contribution in [0.5, 0.6) is 0 Å². The second-order valence-corrected chi connectivity index (χ2v) is 1.86. The van der Waals surface area contributed by atoms with Crippen LogP contribution in [-0.2, 0) is 0 Å². The van der Waals surface area contributed by atoms with Crippen LogP contribution in [-0.4, -0.2) is 35.2 Å². The topological polar surface area (TPSA) is 69.6 Å². The molecule has 0 rings (SSSR count). The molecule has 0 heterocycles. The number of imide groups is 1. The van der Waals surface area contributed by atoms with Crippen LogP contribution >= 0.6 is 12.4 Å². The van der Waals surface area contributed by atoms with Gasteiger partial charge in [0.25, 0.3) is 0 Å². The summed E-state index contributed by atoms with van der Waals surface area (Å²) in [5.74, 6) is 0. The van der Waals surface area contributed by atoms with E-state index < -0.39 is 12.1 Å². The highest BCUT2D eigenvalue weighted by atomic mass is 35.5. The van der Waals surface area contributed by atoms with Crippen LogP contribution in [0.25, 0.3) is 0 Å². The largest absolute Gasteiger partial charge is 0.465 e. The van der Waals surface area contributed by atoms with Crippen LogP contribution in [0.4, 0.5) is 9.59 Å². The fourth-order valence-electron chi connectivity index (χ4n) is 0.612. The molecule has 5 nitrogen and oxygen atoms in total. The molecule has 6 heteroatoms. The zero-order chi connectivity index (χ0) is 8.85. The molecule has 0 radical (unpaired) electrons. The van der Waals surface area contributed by atoms with Crippen molar-refractivity contribution in [2.24, 2.45) is 0 Å². The van der Waals surface area contributed by atoms with Crippen molar-refractivity contribution in [3.05, 3.63) is 0 Å². The number of rotatable bonds is 2. The third-order valence-electron chi connectivity index (χ3n) is 1.12. The Morgan fingerprint density at radius 2 is 1.92 bits per heavy atom. The number of nitrogens with one attached hydrogen (secondary N) is 1. The van der Waals surface area contributed by atoms with Gasteiger partial charge in [-0.25, -0.2) is 14.5 Å². The Bertz CT molecular complexity index is 163. The van der Waals surface area contributed by atoms with Crippen molar-refractivity contribution in [3.63, 3.8) is 0 Å². The third kappa shape index (κ3) is 4.02. The third-order valence-corrected chi connectivity index (χ3v) is 1.12. The first-order valence-electron chi connectivity index (χ1n) is 3.41. The molecule has 0 fully saturated rings. The van der Waals surface area contributed by atoms with E-state index in [0.717, 1.165) is 0 Å². The Balaban J connectivity index is 0. The van der Waals surface area contributed by atoms with Crippen molar-refractivity contribution in [1.82, 2.24) is 10.2 Å². The Morgan fingerprint density at radius 3 is 2.17 bits per heavy atom. The summed E-state index contributed by atoms with van der Waals surface area (Å²) in [6.45, 7) is 3.93. The molecule has 72 valence electrons. The van der Waals surface area contributed by atoms with Gasteiger partial charge in [0.1, 0.15) is 0 Å². The van der Waals surface area contributed by atoms with Crippen molar-refractivity contribution >= 4 is 24.5 Å². The van der Waals surface area contributed by atoms with Gasteiger partial charge in [-0.2, -0.15) is 0 Å². The molecule has 0 spiro atoms. The summed E-state index contributed by atoms with van der Waals surface area (Å²) in [5, 5.41) is 10.8. The Kier molecular flexibility index (Phi) is 7.62. The molecule has 0 aromatic rings. The smallest absolute Gasteiger partial charge is 0.415 e. The number of halogens is 1.